The van der Waals surface area contributed by atoms with E-state index in [0.717, 1.165) is 23.7 Å². The van der Waals surface area contributed by atoms with E-state index in [4.69, 9.17) is 21.6 Å². The zero-order valence-corrected chi connectivity index (χ0v) is 10.1. The molecular formula is C11H12ClNOS. The fourth-order valence-corrected chi connectivity index (χ4v) is 2.18. The molecule has 0 N–H and O–H groups in total. The Balaban J connectivity index is 2.57. The molecule has 0 amide bonds. The molecule has 0 aliphatic heterocycles. The van der Waals surface area contributed by atoms with E-state index < -0.39 is 0 Å². The van der Waals surface area contributed by atoms with Crippen LogP contribution in [0, 0.1) is 11.3 Å². The van der Waals surface area contributed by atoms with Gasteiger partial charge in [-0.3, -0.25) is 0 Å². The molecule has 0 aromatic heterocycles. The maximum Gasteiger partial charge on any atom is 0.100 e. The molecule has 15 heavy (non-hydrogen) atoms. The third-order valence-electron chi connectivity index (χ3n) is 1.81. The van der Waals surface area contributed by atoms with Gasteiger partial charge >= 0.3 is 0 Å². The number of nitriles is 1. The van der Waals surface area contributed by atoms with Crippen LogP contribution in [0.3, 0.4) is 0 Å². The van der Waals surface area contributed by atoms with Crippen molar-refractivity contribution in [1.82, 2.24) is 0 Å². The predicted octanol–water partition coefficient (Wildman–Crippen LogP) is 3.34. The minimum Gasteiger partial charge on any atom is -0.385 e. The summed E-state index contributed by atoms with van der Waals surface area (Å²) in [7, 11) is 1.69. The highest BCUT2D eigenvalue weighted by Crippen LogP contribution is 2.25. The third kappa shape index (κ3) is 4.13. The SMILES string of the molecule is COCCCSc1ccc(Cl)cc1C#N. The second-order valence-corrected chi connectivity index (χ2v) is 4.52. The molecule has 0 fully saturated rings. The topological polar surface area (TPSA) is 33.0 Å². The first-order valence-electron chi connectivity index (χ1n) is 4.59. The molecule has 4 heteroatoms. The molecule has 0 atom stereocenters. The molecule has 0 saturated carbocycles. The van der Waals surface area contributed by atoms with Gasteiger partial charge in [0.2, 0.25) is 0 Å². The molecule has 0 bridgehead atoms. The minimum atomic E-state index is 0.604. The predicted molar refractivity (Wildman–Crippen MR) is 63.4 cm³/mol. The molecule has 0 radical (unpaired) electrons. The van der Waals surface area contributed by atoms with Gasteiger partial charge in [0.25, 0.3) is 0 Å². The van der Waals surface area contributed by atoms with Crippen LogP contribution in [0.25, 0.3) is 0 Å². The lowest BCUT2D eigenvalue weighted by Gasteiger charge is -2.03. The van der Waals surface area contributed by atoms with Crippen molar-refractivity contribution in [3.8, 4) is 6.07 Å². The number of rotatable bonds is 5. The van der Waals surface area contributed by atoms with E-state index in [1.807, 2.05) is 6.07 Å². The molecule has 1 aromatic carbocycles. The van der Waals surface area contributed by atoms with Gasteiger partial charge < -0.3 is 4.74 Å². The van der Waals surface area contributed by atoms with Gasteiger partial charge in [0.1, 0.15) is 6.07 Å². The van der Waals surface area contributed by atoms with Gasteiger partial charge in [-0.15, -0.1) is 11.8 Å². The van der Waals surface area contributed by atoms with E-state index in [1.54, 1.807) is 31.0 Å². The Bertz CT molecular complexity index is 362. The molecule has 1 rings (SSSR count). The number of benzene rings is 1. The smallest absolute Gasteiger partial charge is 0.100 e. The average molecular weight is 242 g/mol. The van der Waals surface area contributed by atoms with Crippen LogP contribution in [0.5, 0.6) is 0 Å². The van der Waals surface area contributed by atoms with Crippen molar-refractivity contribution in [3.63, 3.8) is 0 Å². The van der Waals surface area contributed by atoms with Crippen LogP contribution >= 0.6 is 23.4 Å². The minimum absolute atomic E-state index is 0.604. The van der Waals surface area contributed by atoms with Crippen molar-refractivity contribution < 1.29 is 4.74 Å². The molecule has 0 heterocycles. The molecule has 0 spiro atoms. The van der Waals surface area contributed by atoms with Crippen LogP contribution in [-0.4, -0.2) is 19.5 Å². The van der Waals surface area contributed by atoms with E-state index in [-0.39, 0.29) is 0 Å². The molecule has 1 aromatic rings. The summed E-state index contributed by atoms with van der Waals surface area (Å²) in [6, 6.07) is 7.53. The monoisotopic (exact) mass is 241 g/mol. The Morgan fingerprint density at radius 3 is 3.00 bits per heavy atom. The standard InChI is InChI=1S/C11H12ClNOS/c1-14-5-2-6-15-11-4-3-10(12)7-9(11)8-13/h3-4,7H,2,5-6H2,1H3. The van der Waals surface area contributed by atoms with Crippen molar-refractivity contribution in [3.05, 3.63) is 28.8 Å². The highest BCUT2D eigenvalue weighted by atomic mass is 35.5. The van der Waals surface area contributed by atoms with Gasteiger partial charge in [-0.25, -0.2) is 0 Å². The van der Waals surface area contributed by atoms with E-state index in [9.17, 15) is 0 Å². The fourth-order valence-electron chi connectivity index (χ4n) is 1.10. The van der Waals surface area contributed by atoms with E-state index in [2.05, 4.69) is 6.07 Å². The summed E-state index contributed by atoms with van der Waals surface area (Å²) in [5, 5.41) is 9.50. The molecule has 0 aliphatic rings. The van der Waals surface area contributed by atoms with Crippen molar-refractivity contribution in [2.24, 2.45) is 0 Å². The number of halogens is 1. The van der Waals surface area contributed by atoms with Crippen molar-refractivity contribution in [2.45, 2.75) is 11.3 Å². The maximum atomic E-state index is 8.90. The first-order chi connectivity index (χ1) is 7.27. The Kier molecular flexibility index (Phi) is 5.56. The third-order valence-corrected chi connectivity index (χ3v) is 3.21. The van der Waals surface area contributed by atoms with Crippen LogP contribution in [0.15, 0.2) is 23.1 Å². The average Bonchev–Trinajstić information content (AvgIpc) is 2.26. The van der Waals surface area contributed by atoms with Crippen LogP contribution in [-0.2, 0) is 4.74 Å². The Labute approximate surface area is 99.2 Å². The Morgan fingerprint density at radius 2 is 2.33 bits per heavy atom. The first kappa shape index (κ1) is 12.4. The fraction of sp³-hybridized carbons (Fsp3) is 0.364. The summed E-state index contributed by atoms with van der Waals surface area (Å²) in [4.78, 5) is 0.984. The highest BCUT2D eigenvalue weighted by molar-refractivity contribution is 7.99. The quantitative estimate of drug-likeness (QED) is 0.586. The maximum absolute atomic E-state index is 8.90. The number of hydrogen-bond donors (Lipinski definition) is 0. The van der Waals surface area contributed by atoms with Gasteiger partial charge in [-0.1, -0.05) is 11.6 Å². The summed E-state index contributed by atoms with van der Waals surface area (Å²) in [5.41, 5.74) is 0.643. The normalized spacial score (nSPS) is 9.93. The van der Waals surface area contributed by atoms with E-state index in [0.29, 0.717) is 10.6 Å². The summed E-state index contributed by atoms with van der Waals surface area (Å²) in [5.74, 6) is 0.949. The number of ether oxygens (including phenoxy) is 1. The molecule has 80 valence electrons. The highest BCUT2D eigenvalue weighted by Gasteiger charge is 2.02. The number of methoxy groups -OCH3 is 1. The molecule has 0 aliphatic carbocycles. The largest absolute Gasteiger partial charge is 0.385 e. The van der Waals surface area contributed by atoms with E-state index in [1.165, 1.54) is 0 Å². The summed E-state index contributed by atoms with van der Waals surface area (Å²) in [6.07, 6.45) is 0.981. The van der Waals surface area contributed by atoms with Crippen LogP contribution in [0.1, 0.15) is 12.0 Å². The lowest BCUT2D eigenvalue weighted by atomic mass is 10.2. The lowest BCUT2D eigenvalue weighted by molar-refractivity contribution is 0.200. The van der Waals surface area contributed by atoms with Gasteiger partial charge in [-0.2, -0.15) is 5.26 Å². The zero-order valence-electron chi connectivity index (χ0n) is 8.50. The molecule has 2 nitrogen and oxygen atoms in total. The van der Waals surface area contributed by atoms with Crippen molar-refractivity contribution in [2.75, 3.05) is 19.5 Å². The number of hydrogen-bond acceptors (Lipinski definition) is 3. The summed E-state index contributed by atoms with van der Waals surface area (Å²) < 4.78 is 4.96. The van der Waals surface area contributed by atoms with Crippen molar-refractivity contribution >= 4 is 23.4 Å². The van der Waals surface area contributed by atoms with Gasteiger partial charge in [0, 0.05) is 29.4 Å². The second kappa shape index (κ2) is 6.73. The van der Waals surface area contributed by atoms with Crippen LogP contribution in [0.4, 0.5) is 0 Å². The van der Waals surface area contributed by atoms with Gasteiger partial charge in [-0.05, 0) is 24.6 Å². The van der Waals surface area contributed by atoms with Crippen LogP contribution in [0.2, 0.25) is 5.02 Å². The Morgan fingerprint density at radius 1 is 1.53 bits per heavy atom. The summed E-state index contributed by atoms with van der Waals surface area (Å²) >= 11 is 7.46. The molecule has 0 saturated heterocycles. The Hall–Kier alpha value is -0.690. The molecular weight excluding hydrogens is 230 g/mol. The van der Waals surface area contributed by atoms with Gasteiger partial charge in [0.15, 0.2) is 0 Å². The van der Waals surface area contributed by atoms with Crippen molar-refractivity contribution in [1.29, 1.82) is 5.26 Å². The first-order valence-corrected chi connectivity index (χ1v) is 5.95. The second-order valence-electron chi connectivity index (χ2n) is 2.95. The lowest BCUT2D eigenvalue weighted by Crippen LogP contribution is -1.91. The number of nitrogens with zero attached hydrogens (tertiary/aromatic N) is 1. The summed E-state index contributed by atoms with van der Waals surface area (Å²) in [6.45, 7) is 0.752. The van der Waals surface area contributed by atoms with Crippen LogP contribution < -0.4 is 0 Å². The number of thioether (sulfide) groups is 1. The molecule has 0 unspecified atom stereocenters. The van der Waals surface area contributed by atoms with Gasteiger partial charge in [0.05, 0.1) is 5.56 Å². The zero-order chi connectivity index (χ0) is 11.1. The van der Waals surface area contributed by atoms with E-state index >= 15 is 0 Å².